The molecule has 28 heavy (non-hydrogen) atoms. The zero-order valence-corrected chi connectivity index (χ0v) is 16.5. The highest BCUT2D eigenvalue weighted by molar-refractivity contribution is 6.33. The Morgan fingerprint density at radius 1 is 1.14 bits per heavy atom. The Bertz CT molecular complexity index is 778. The first-order chi connectivity index (χ1) is 13.3. The number of ether oxygens (including phenoxy) is 1. The minimum Gasteiger partial charge on any atom is -0.452 e. The second-order valence-corrected chi connectivity index (χ2v) is 9.30. The number of hydrogen-bond donors (Lipinski definition) is 1. The predicted molar refractivity (Wildman–Crippen MR) is 99.9 cm³/mol. The third-order valence-corrected chi connectivity index (χ3v) is 7.26. The van der Waals surface area contributed by atoms with Crippen molar-refractivity contribution in [3.05, 3.63) is 34.4 Å². The molecule has 4 saturated carbocycles. The molecular formula is C21H24ClF2NO3. The van der Waals surface area contributed by atoms with Gasteiger partial charge in [0.25, 0.3) is 5.91 Å². The van der Waals surface area contributed by atoms with Crippen molar-refractivity contribution in [3.8, 4) is 0 Å². The first-order valence-electron chi connectivity index (χ1n) is 9.87. The number of halogens is 3. The SMILES string of the molecule is C[C@H](NC(=O)COC(=O)c1cc(F)c(F)cc1Cl)C12CC3CC(CC(C3)C1)C2. The molecule has 4 fully saturated rings. The molecule has 0 heterocycles. The van der Waals surface area contributed by atoms with E-state index in [1.165, 1.54) is 19.3 Å². The van der Waals surface area contributed by atoms with Gasteiger partial charge in [0.1, 0.15) is 0 Å². The molecule has 1 atom stereocenters. The second-order valence-electron chi connectivity index (χ2n) is 8.89. The lowest BCUT2D eigenvalue weighted by Crippen LogP contribution is -2.56. The van der Waals surface area contributed by atoms with E-state index in [-0.39, 0.29) is 22.0 Å². The quantitative estimate of drug-likeness (QED) is 0.573. The monoisotopic (exact) mass is 411 g/mol. The van der Waals surface area contributed by atoms with E-state index in [0.29, 0.717) is 12.1 Å². The Morgan fingerprint density at radius 2 is 1.68 bits per heavy atom. The van der Waals surface area contributed by atoms with Crippen LogP contribution in [0.4, 0.5) is 8.78 Å². The lowest BCUT2D eigenvalue weighted by Gasteiger charge is -2.59. The molecule has 1 aromatic rings. The molecule has 4 aliphatic rings. The molecule has 0 saturated heterocycles. The van der Waals surface area contributed by atoms with Gasteiger partial charge in [-0.25, -0.2) is 13.6 Å². The van der Waals surface area contributed by atoms with Crippen molar-refractivity contribution in [2.45, 2.75) is 51.5 Å². The van der Waals surface area contributed by atoms with E-state index >= 15 is 0 Å². The van der Waals surface area contributed by atoms with Crippen LogP contribution in [0.5, 0.6) is 0 Å². The molecule has 0 aromatic heterocycles. The van der Waals surface area contributed by atoms with Gasteiger partial charge in [0.05, 0.1) is 10.6 Å². The van der Waals surface area contributed by atoms with Crippen molar-refractivity contribution >= 4 is 23.5 Å². The van der Waals surface area contributed by atoms with Gasteiger partial charge in [0.15, 0.2) is 18.2 Å². The smallest absolute Gasteiger partial charge is 0.340 e. The standard InChI is InChI=1S/C21H24ClF2NO3/c1-11(21-7-12-2-13(8-21)4-14(3-12)9-21)25-19(26)10-28-20(27)15-5-17(23)18(24)6-16(15)22/h5-6,11-14H,2-4,7-10H2,1H3,(H,25,26)/t11-,12?,13?,14?,21?/m0/s1. The highest BCUT2D eigenvalue weighted by Crippen LogP contribution is 2.61. The lowest BCUT2D eigenvalue weighted by molar-refractivity contribution is -0.128. The molecule has 4 aliphatic carbocycles. The van der Waals surface area contributed by atoms with Crippen LogP contribution in [0.3, 0.4) is 0 Å². The maximum atomic E-state index is 13.3. The average Bonchev–Trinajstić information content (AvgIpc) is 2.61. The van der Waals surface area contributed by atoms with E-state index in [1.807, 2.05) is 6.92 Å². The zero-order chi connectivity index (χ0) is 20.1. The number of carbonyl (C=O) groups excluding carboxylic acids is 2. The first kappa shape index (κ1) is 19.6. The molecule has 1 amide bonds. The number of hydrogen-bond acceptors (Lipinski definition) is 3. The largest absolute Gasteiger partial charge is 0.452 e. The van der Waals surface area contributed by atoms with Crippen LogP contribution in [-0.2, 0) is 9.53 Å². The number of rotatable bonds is 5. The van der Waals surface area contributed by atoms with Crippen LogP contribution in [0.2, 0.25) is 5.02 Å². The maximum Gasteiger partial charge on any atom is 0.340 e. The summed E-state index contributed by atoms with van der Waals surface area (Å²) in [4.78, 5) is 24.4. The fraction of sp³-hybridized carbons (Fsp3) is 0.619. The summed E-state index contributed by atoms with van der Waals surface area (Å²) in [5, 5.41) is 2.74. The molecule has 0 aliphatic heterocycles. The van der Waals surface area contributed by atoms with Crippen molar-refractivity contribution < 1.29 is 23.1 Å². The molecule has 1 aromatic carbocycles. The number of amides is 1. The number of nitrogens with one attached hydrogen (secondary N) is 1. The van der Waals surface area contributed by atoms with E-state index in [4.69, 9.17) is 16.3 Å². The van der Waals surface area contributed by atoms with Crippen LogP contribution in [-0.4, -0.2) is 24.5 Å². The Kier molecular flexibility index (Phi) is 5.10. The van der Waals surface area contributed by atoms with Gasteiger partial charge in [-0.3, -0.25) is 4.79 Å². The normalized spacial score (nSPS) is 31.5. The highest BCUT2D eigenvalue weighted by Gasteiger charge is 2.53. The molecule has 0 spiro atoms. The second kappa shape index (κ2) is 7.29. The summed E-state index contributed by atoms with van der Waals surface area (Å²) >= 11 is 5.76. The number of benzene rings is 1. The van der Waals surface area contributed by atoms with Gasteiger partial charge < -0.3 is 10.1 Å². The van der Waals surface area contributed by atoms with Crippen LogP contribution in [0.25, 0.3) is 0 Å². The summed E-state index contributed by atoms with van der Waals surface area (Å²) in [6.45, 7) is 1.56. The summed E-state index contributed by atoms with van der Waals surface area (Å²) in [5.74, 6) is -1.37. The molecular weight excluding hydrogens is 388 g/mol. The van der Waals surface area contributed by atoms with Gasteiger partial charge in [-0.05, 0) is 80.8 Å². The van der Waals surface area contributed by atoms with Gasteiger partial charge in [-0.1, -0.05) is 11.6 Å². The molecule has 1 N–H and O–H groups in total. The van der Waals surface area contributed by atoms with Gasteiger partial charge >= 0.3 is 5.97 Å². The lowest BCUT2D eigenvalue weighted by atomic mass is 9.48. The third kappa shape index (κ3) is 3.63. The summed E-state index contributed by atoms with van der Waals surface area (Å²) in [6.07, 6.45) is 7.45. The highest BCUT2D eigenvalue weighted by atomic mass is 35.5. The summed E-state index contributed by atoms with van der Waals surface area (Å²) in [5.41, 5.74) is -0.153. The van der Waals surface area contributed by atoms with Gasteiger partial charge in [-0.15, -0.1) is 0 Å². The fourth-order valence-corrected chi connectivity index (χ4v) is 6.26. The van der Waals surface area contributed by atoms with Crippen LogP contribution in [0, 0.1) is 34.8 Å². The maximum absolute atomic E-state index is 13.3. The fourth-order valence-electron chi connectivity index (χ4n) is 6.03. The minimum absolute atomic E-state index is 0.0129. The summed E-state index contributed by atoms with van der Waals surface area (Å²) < 4.78 is 31.4. The van der Waals surface area contributed by atoms with Crippen LogP contribution in [0.15, 0.2) is 12.1 Å². The minimum atomic E-state index is -1.20. The van der Waals surface area contributed by atoms with Gasteiger partial charge in [-0.2, -0.15) is 0 Å². The van der Waals surface area contributed by atoms with E-state index in [2.05, 4.69) is 5.32 Å². The van der Waals surface area contributed by atoms with Crippen molar-refractivity contribution in [3.63, 3.8) is 0 Å². The Hall–Kier alpha value is -1.69. The van der Waals surface area contributed by atoms with Crippen molar-refractivity contribution in [2.75, 3.05) is 6.61 Å². The van der Waals surface area contributed by atoms with Crippen LogP contribution in [0.1, 0.15) is 55.8 Å². The Balaban J connectivity index is 1.33. The first-order valence-corrected chi connectivity index (χ1v) is 10.2. The Labute approximate surface area is 168 Å². The van der Waals surface area contributed by atoms with Crippen molar-refractivity contribution in [2.24, 2.45) is 23.2 Å². The van der Waals surface area contributed by atoms with Crippen LogP contribution >= 0.6 is 11.6 Å². The molecule has 4 nitrogen and oxygen atoms in total. The molecule has 4 bridgehead atoms. The molecule has 0 unspecified atom stereocenters. The van der Waals surface area contributed by atoms with Crippen LogP contribution < -0.4 is 5.32 Å². The third-order valence-electron chi connectivity index (χ3n) is 6.95. The zero-order valence-electron chi connectivity index (χ0n) is 15.8. The number of carbonyl (C=O) groups is 2. The molecule has 5 rings (SSSR count). The predicted octanol–water partition coefficient (Wildman–Crippen LogP) is 4.50. The van der Waals surface area contributed by atoms with Crippen molar-refractivity contribution in [1.82, 2.24) is 5.32 Å². The number of esters is 1. The molecule has 7 heteroatoms. The van der Waals surface area contributed by atoms with Gasteiger partial charge in [0, 0.05) is 6.04 Å². The summed E-state index contributed by atoms with van der Waals surface area (Å²) in [7, 11) is 0. The molecule has 152 valence electrons. The van der Waals surface area contributed by atoms with E-state index in [9.17, 15) is 18.4 Å². The van der Waals surface area contributed by atoms with Gasteiger partial charge in [0.2, 0.25) is 0 Å². The van der Waals surface area contributed by atoms with E-state index < -0.39 is 30.1 Å². The average molecular weight is 412 g/mol. The Morgan fingerprint density at radius 3 is 2.25 bits per heavy atom. The van der Waals surface area contributed by atoms with Crippen molar-refractivity contribution in [1.29, 1.82) is 0 Å². The summed E-state index contributed by atoms with van der Waals surface area (Å²) in [6, 6.07) is 1.40. The van der Waals surface area contributed by atoms with E-state index in [1.54, 1.807) is 0 Å². The topological polar surface area (TPSA) is 55.4 Å². The van der Waals surface area contributed by atoms with E-state index in [0.717, 1.165) is 37.0 Å². The molecule has 0 radical (unpaired) electrons.